The zero-order valence-corrected chi connectivity index (χ0v) is 54.3. The van der Waals surface area contributed by atoms with Crippen LogP contribution >= 0.6 is 0 Å². The predicted molar refractivity (Wildman–Crippen MR) is 350 cm³/mol. The zero-order chi connectivity index (χ0) is 59.3. The Morgan fingerprint density at radius 3 is 1.02 bits per heavy atom. The molecular weight excluding hydrogens is 1020 g/mol. The number of carbonyl (C=O) groups excluding carboxylic acids is 1. The number of aliphatic hydroxyl groups is 5. The third kappa shape index (κ3) is 50.6. The maximum Gasteiger partial charge on any atom is 0.220 e. The van der Waals surface area contributed by atoms with Gasteiger partial charge >= 0.3 is 0 Å². The van der Waals surface area contributed by atoms with Crippen LogP contribution in [0.5, 0.6) is 0 Å². The molecule has 0 aromatic heterocycles. The minimum atomic E-state index is -1.57. The molecule has 0 aromatic carbocycles. The van der Waals surface area contributed by atoms with Gasteiger partial charge in [-0.3, -0.25) is 4.79 Å². The average Bonchev–Trinajstić information content (AvgIpc) is 3.56. The number of allylic oxidation sites excluding steroid dienone is 5. The van der Waals surface area contributed by atoms with Gasteiger partial charge in [-0.15, -0.1) is 0 Å². The number of rotatable bonds is 64. The molecule has 0 saturated carbocycles. The van der Waals surface area contributed by atoms with Crippen LogP contribution in [-0.4, -0.2) is 87.5 Å². The molecule has 1 amide bonds. The first-order chi connectivity index (χ1) is 40.3. The van der Waals surface area contributed by atoms with Crippen molar-refractivity contribution in [3.63, 3.8) is 0 Å². The molecule has 7 atom stereocenters. The van der Waals surface area contributed by atoms with Crippen LogP contribution in [0.25, 0.3) is 0 Å². The van der Waals surface area contributed by atoms with E-state index in [2.05, 4.69) is 43.5 Å². The van der Waals surface area contributed by atoms with E-state index in [0.29, 0.717) is 6.42 Å². The highest BCUT2D eigenvalue weighted by Gasteiger charge is 2.44. The molecule has 0 aliphatic carbocycles. The van der Waals surface area contributed by atoms with Crippen molar-refractivity contribution in [2.24, 2.45) is 0 Å². The summed E-state index contributed by atoms with van der Waals surface area (Å²) in [7, 11) is 0. The SMILES string of the molecule is CCCCCCCCCCCCCCCCC/C=C/CC/C=C/CC/C=C/C(O)C(COC1OC(CO)C(O)C(O)C1O)NC(=O)CCCCCCCCCCCCCCCCCCCCCCCCCCCCCCCCCCCC. The highest BCUT2D eigenvalue weighted by atomic mass is 16.7. The van der Waals surface area contributed by atoms with Crippen molar-refractivity contribution in [3.8, 4) is 0 Å². The molecule has 0 spiro atoms. The van der Waals surface area contributed by atoms with E-state index in [9.17, 15) is 30.3 Å². The molecule has 0 aromatic rings. The number of hydrogen-bond acceptors (Lipinski definition) is 8. The lowest BCUT2D eigenvalue weighted by Gasteiger charge is -2.40. The summed E-state index contributed by atoms with van der Waals surface area (Å²) in [5, 5.41) is 54.7. The van der Waals surface area contributed by atoms with Crippen LogP contribution in [0.2, 0.25) is 0 Å². The normalized spacial score (nSPS) is 18.5. The molecule has 9 heteroatoms. The van der Waals surface area contributed by atoms with Crippen molar-refractivity contribution in [3.05, 3.63) is 36.5 Å². The number of amides is 1. The maximum absolute atomic E-state index is 13.1. The first kappa shape index (κ1) is 78.4. The van der Waals surface area contributed by atoms with Crippen LogP contribution < -0.4 is 5.32 Å². The van der Waals surface area contributed by atoms with Gasteiger partial charge in [0.05, 0.1) is 25.4 Å². The number of unbranched alkanes of at least 4 members (excludes halogenated alkanes) is 50. The van der Waals surface area contributed by atoms with Crippen LogP contribution in [0.15, 0.2) is 36.5 Å². The van der Waals surface area contributed by atoms with Crippen molar-refractivity contribution in [2.45, 2.75) is 410 Å². The number of aliphatic hydroxyl groups excluding tert-OH is 5. The maximum atomic E-state index is 13.1. The van der Waals surface area contributed by atoms with Gasteiger partial charge in [-0.25, -0.2) is 0 Å². The van der Waals surface area contributed by atoms with Crippen LogP contribution in [0, 0.1) is 0 Å². The van der Waals surface area contributed by atoms with Gasteiger partial charge in [-0.05, 0) is 44.9 Å². The third-order valence-electron chi connectivity index (χ3n) is 17.4. The first-order valence-corrected chi connectivity index (χ1v) is 36.2. The van der Waals surface area contributed by atoms with Gasteiger partial charge in [0.1, 0.15) is 24.4 Å². The number of nitrogens with one attached hydrogen (secondary N) is 1. The molecule has 484 valence electrons. The largest absolute Gasteiger partial charge is 0.394 e. The molecular formula is C73H139NO8. The summed E-state index contributed by atoms with van der Waals surface area (Å²) in [5.74, 6) is -0.183. The second kappa shape index (κ2) is 62.5. The Hall–Kier alpha value is -1.59. The van der Waals surface area contributed by atoms with E-state index < -0.39 is 49.5 Å². The van der Waals surface area contributed by atoms with Crippen molar-refractivity contribution in [1.29, 1.82) is 0 Å². The van der Waals surface area contributed by atoms with E-state index in [1.165, 1.54) is 302 Å². The predicted octanol–water partition coefficient (Wildman–Crippen LogP) is 19.8. The van der Waals surface area contributed by atoms with Gasteiger partial charge in [-0.1, -0.05) is 352 Å². The van der Waals surface area contributed by atoms with Crippen molar-refractivity contribution >= 4 is 5.91 Å². The Bertz CT molecular complexity index is 1390. The molecule has 1 saturated heterocycles. The Morgan fingerprint density at radius 2 is 0.695 bits per heavy atom. The molecule has 6 N–H and O–H groups in total. The lowest BCUT2D eigenvalue weighted by atomic mass is 9.99. The molecule has 0 bridgehead atoms. The van der Waals surface area contributed by atoms with E-state index in [0.717, 1.165) is 44.9 Å². The summed E-state index contributed by atoms with van der Waals surface area (Å²) in [6.07, 6.45) is 77.0. The Morgan fingerprint density at radius 1 is 0.402 bits per heavy atom. The summed E-state index contributed by atoms with van der Waals surface area (Å²) in [6.45, 7) is 3.82. The van der Waals surface area contributed by atoms with Crippen molar-refractivity contribution < 1.29 is 39.8 Å². The molecule has 1 heterocycles. The topological polar surface area (TPSA) is 149 Å². The Labute approximate surface area is 508 Å². The van der Waals surface area contributed by atoms with Crippen LogP contribution in [-0.2, 0) is 14.3 Å². The molecule has 9 nitrogen and oxygen atoms in total. The van der Waals surface area contributed by atoms with Gasteiger partial charge in [0.25, 0.3) is 0 Å². The fourth-order valence-corrected chi connectivity index (χ4v) is 11.8. The number of ether oxygens (including phenoxy) is 2. The lowest BCUT2D eigenvalue weighted by Crippen LogP contribution is -2.60. The quantitative estimate of drug-likeness (QED) is 0.0261. The zero-order valence-electron chi connectivity index (χ0n) is 54.3. The van der Waals surface area contributed by atoms with Gasteiger partial charge in [0, 0.05) is 6.42 Å². The Balaban J connectivity index is 2.12. The lowest BCUT2D eigenvalue weighted by molar-refractivity contribution is -0.302. The van der Waals surface area contributed by atoms with Gasteiger partial charge < -0.3 is 40.3 Å². The molecule has 1 fully saturated rings. The molecule has 1 aliphatic heterocycles. The third-order valence-corrected chi connectivity index (χ3v) is 17.4. The van der Waals surface area contributed by atoms with Crippen LogP contribution in [0.3, 0.4) is 0 Å². The summed E-state index contributed by atoms with van der Waals surface area (Å²) >= 11 is 0. The monoisotopic (exact) mass is 1160 g/mol. The van der Waals surface area contributed by atoms with Crippen molar-refractivity contribution in [1.82, 2.24) is 5.32 Å². The fourth-order valence-electron chi connectivity index (χ4n) is 11.8. The van der Waals surface area contributed by atoms with Gasteiger partial charge in [0.15, 0.2) is 6.29 Å². The number of hydrogen-bond donors (Lipinski definition) is 6. The fraction of sp³-hybridized carbons (Fsp3) is 0.904. The first-order valence-electron chi connectivity index (χ1n) is 36.2. The smallest absolute Gasteiger partial charge is 0.220 e. The van der Waals surface area contributed by atoms with Gasteiger partial charge in [-0.2, -0.15) is 0 Å². The minimum Gasteiger partial charge on any atom is -0.394 e. The summed E-state index contributed by atoms with van der Waals surface area (Å²) < 4.78 is 11.3. The molecule has 1 rings (SSSR count). The minimum absolute atomic E-state index is 0.183. The summed E-state index contributed by atoms with van der Waals surface area (Å²) in [6, 6.07) is -0.828. The summed E-state index contributed by atoms with van der Waals surface area (Å²) in [5.41, 5.74) is 0. The average molecular weight is 1160 g/mol. The highest BCUT2D eigenvalue weighted by Crippen LogP contribution is 2.24. The van der Waals surface area contributed by atoms with Crippen molar-refractivity contribution in [2.75, 3.05) is 13.2 Å². The molecule has 0 radical (unpaired) electrons. The second-order valence-corrected chi connectivity index (χ2v) is 25.4. The van der Waals surface area contributed by atoms with E-state index in [-0.39, 0.29) is 12.5 Å². The van der Waals surface area contributed by atoms with E-state index >= 15 is 0 Å². The molecule has 7 unspecified atom stereocenters. The summed E-state index contributed by atoms with van der Waals surface area (Å²) in [4.78, 5) is 13.1. The van der Waals surface area contributed by atoms with Crippen LogP contribution in [0.4, 0.5) is 0 Å². The standard InChI is InChI=1S/C73H139NO8/c1-3-5-7-9-11-13-15-17-19-21-23-25-27-29-30-31-32-33-34-35-36-37-39-41-43-45-47-49-51-53-55-57-59-61-63-69(77)74-66(65-81-73-72(80)71(79)70(78)68(64-75)82-73)67(76)62-60-58-56-54-52-50-48-46-44-42-40-38-28-26-24-22-20-18-16-14-12-10-8-6-4-2/h44,46,52,54,60,62,66-68,70-73,75-76,78-80H,3-43,45,47-51,53,55-59,61,63-65H2,1-2H3,(H,74,77)/b46-44+,54-52+,62-60+. The van der Waals surface area contributed by atoms with E-state index in [4.69, 9.17) is 9.47 Å². The highest BCUT2D eigenvalue weighted by molar-refractivity contribution is 5.76. The molecule has 82 heavy (non-hydrogen) atoms. The number of carbonyl (C=O) groups is 1. The van der Waals surface area contributed by atoms with Gasteiger partial charge in [0.2, 0.25) is 5.91 Å². The van der Waals surface area contributed by atoms with Crippen LogP contribution in [0.1, 0.15) is 367 Å². The Kier molecular flexibility index (Phi) is 59.7. The van der Waals surface area contributed by atoms with E-state index in [1.807, 2.05) is 6.08 Å². The second-order valence-electron chi connectivity index (χ2n) is 25.4. The van der Waals surface area contributed by atoms with E-state index in [1.54, 1.807) is 6.08 Å². The molecule has 1 aliphatic rings.